The van der Waals surface area contributed by atoms with Crippen LogP contribution in [0.1, 0.15) is 34.7 Å². The van der Waals surface area contributed by atoms with Gasteiger partial charge in [-0.25, -0.2) is 13.2 Å². The molecular formula is C25H23ClN4O4S. The predicted molar refractivity (Wildman–Crippen MR) is 134 cm³/mol. The first-order valence-corrected chi connectivity index (χ1v) is 12.8. The first kappa shape index (κ1) is 23.2. The molecule has 2 aromatic heterocycles. The summed E-state index contributed by atoms with van der Waals surface area (Å²) >= 11 is 6.63. The lowest BCUT2D eigenvalue weighted by atomic mass is 10.1. The maximum Gasteiger partial charge on any atom is 0.337 e. The van der Waals surface area contributed by atoms with Gasteiger partial charge < -0.3 is 9.30 Å². The SMILES string of the molecule is COC(=O)c1ccc(C2CC2)c(S(=O)(=O)Nc2cc(-c3ccnn3C)c(Cl)cc2-n2cccc2)c1. The van der Waals surface area contributed by atoms with E-state index in [1.54, 1.807) is 65.2 Å². The van der Waals surface area contributed by atoms with Crippen molar-refractivity contribution in [3.63, 3.8) is 0 Å². The van der Waals surface area contributed by atoms with E-state index in [1.165, 1.54) is 13.2 Å². The molecule has 0 unspecified atom stereocenters. The van der Waals surface area contributed by atoms with Gasteiger partial charge in [0.15, 0.2) is 0 Å². The molecule has 0 saturated heterocycles. The molecule has 1 saturated carbocycles. The van der Waals surface area contributed by atoms with Crippen LogP contribution in [0.25, 0.3) is 16.9 Å². The molecule has 1 fully saturated rings. The number of aryl methyl sites for hydroxylation is 1. The number of sulfonamides is 1. The molecule has 35 heavy (non-hydrogen) atoms. The summed E-state index contributed by atoms with van der Waals surface area (Å²) in [4.78, 5) is 12.2. The number of methoxy groups -OCH3 is 1. The summed E-state index contributed by atoms with van der Waals surface area (Å²) in [6.45, 7) is 0. The molecule has 0 amide bonds. The molecule has 10 heteroatoms. The molecule has 1 aliphatic carbocycles. The van der Waals surface area contributed by atoms with Gasteiger partial charge in [-0.15, -0.1) is 0 Å². The standard InChI is InChI=1S/C25H23ClN4O4S/c1-29-22(9-10-27-29)19-14-21(23(15-20(19)26)30-11-3-4-12-30)28-35(32,33)24-13-17(25(31)34-2)7-8-18(24)16-5-6-16/h3-4,7-16,28H,5-6H2,1-2H3. The third kappa shape index (κ3) is 4.44. The maximum atomic E-state index is 13.8. The molecule has 180 valence electrons. The monoisotopic (exact) mass is 510 g/mol. The van der Waals surface area contributed by atoms with Gasteiger partial charge in [0.1, 0.15) is 0 Å². The number of aromatic nitrogens is 3. The Morgan fingerprint density at radius 2 is 1.89 bits per heavy atom. The van der Waals surface area contributed by atoms with Gasteiger partial charge in [-0.05, 0) is 66.8 Å². The Bertz CT molecular complexity index is 1520. The van der Waals surface area contributed by atoms with Gasteiger partial charge >= 0.3 is 5.97 Å². The topological polar surface area (TPSA) is 95.2 Å². The molecule has 8 nitrogen and oxygen atoms in total. The van der Waals surface area contributed by atoms with Crippen molar-refractivity contribution in [2.45, 2.75) is 23.7 Å². The molecule has 0 radical (unpaired) electrons. The molecule has 4 aromatic rings. The smallest absolute Gasteiger partial charge is 0.337 e. The van der Waals surface area contributed by atoms with E-state index in [1.807, 2.05) is 12.1 Å². The number of nitrogens with zero attached hydrogens (tertiary/aromatic N) is 3. The maximum absolute atomic E-state index is 13.8. The van der Waals surface area contributed by atoms with Gasteiger partial charge in [0.25, 0.3) is 10.0 Å². The van der Waals surface area contributed by atoms with E-state index in [2.05, 4.69) is 9.82 Å². The number of hydrogen-bond acceptors (Lipinski definition) is 5. The summed E-state index contributed by atoms with van der Waals surface area (Å²) in [7, 11) is -1.02. The second-order valence-electron chi connectivity index (χ2n) is 8.40. The highest BCUT2D eigenvalue weighted by atomic mass is 35.5. The molecule has 0 spiro atoms. The van der Waals surface area contributed by atoms with E-state index in [0.717, 1.165) is 18.5 Å². The van der Waals surface area contributed by atoms with E-state index >= 15 is 0 Å². The number of halogens is 1. The second kappa shape index (κ2) is 8.90. The normalized spacial score (nSPS) is 13.6. The van der Waals surface area contributed by atoms with Crippen LogP contribution in [0.3, 0.4) is 0 Å². The highest BCUT2D eigenvalue weighted by molar-refractivity contribution is 7.92. The minimum Gasteiger partial charge on any atom is -0.465 e. The number of carbonyl (C=O) groups is 1. The fraction of sp³-hybridized carbons (Fsp3) is 0.200. The Kier molecular flexibility index (Phi) is 5.90. The second-order valence-corrected chi connectivity index (χ2v) is 10.5. The number of esters is 1. The van der Waals surface area contributed by atoms with Crippen molar-refractivity contribution in [1.82, 2.24) is 14.3 Å². The Balaban J connectivity index is 1.65. The van der Waals surface area contributed by atoms with Gasteiger partial charge in [0, 0.05) is 31.2 Å². The minimum atomic E-state index is -4.07. The van der Waals surface area contributed by atoms with Crippen molar-refractivity contribution in [2.24, 2.45) is 7.05 Å². The number of ether oxygens (including phenoxy) is 1. The summed E-state index contributed by atoms with van der Waals surface area (Å²) in [5, 5.41) is 4.65. The highest BCUT2D eigenvalue weighted by Gasteiger charge is 2.32. The van der Waals surface area contributed by atoms with E-state index < -0.39 is 16.0 Å². The van der Waals surface area contributed by atoms with Gasteiger partial charge in [-0.3, -0.25) is 9.40 Å². The molecule has 1 N–H and O–H groups in total. The quantitative estimate of drug-likeness (QED) is 0.353. The van der Waals surface area contributed by atoms with Gasteiger partial charge in [0.05, 0.1) is 39.7 Å². The van der Waals surface area contributed by atoms with Crippen LogP contribution in [-0.4, -0.2) is 35.8 Å². The number of carbonyl (C=O) groups excluding carboxylic acids is 1. The number of anilines is 1. The molecular weight excluding hydrogens is 488 g/mol. The molecule has 0 bridgehead atoms. The first-order chi connectivity index (χ1) is 16.8. The Morgan fingerprint density at radius 3 is 2.51 bits per heavy atom. The van der Waals surface area contributed by atoms with Crippen LogP contribution in [0.15, 0.2) is 72.0 Å². The summed E-state index contributed by atoms with van der Waals surface area (Å²) in [5.74, 6) is -0.450. The van der Waals surface area contributed by atoms with Gasteiger partial charge in [0.2, 0.25) is 0 Å². The van der Waals surface area contributed by atoms with Crippen molar-refractivity contribution in [3.8, 4) is 16.9 Å². The number of benzene rings is 2. The van der Waals surface area contributed by atoms with Crippen molar-refractivity contribution in [2.75, 3.05) is 11.8 Å². The Hall–Kier alpha value is -3.56. The van der Waals surface area contributed by atoms with E-state index in [0.29, 0.717) is 27.5 Å². The van der Waals surface area contributed by atoms with E-state index in [4.69, 9.17) is 16.3 Å². The fourth-order valence-electron chi connectivity index (χ4n) is 4.13. The van der Waals surface area contributed by atoms with Crippen LogP contribution in [0, 0.1) is 0 Å². The van der Waals surface area contributed by atoms with Crippen molar-refractivity contribution in [1.29, 1.82) is 0 Å². The largest absolute Gasteiger partial charge is 0.465 e. The Labute approximate surface area is 208 Å². The number of nitrogens with one attached hydrogen (secondary N) is 1. The molecule has 5 rings (SSSR count). The zero-order chi connectivity index (χ0) is 24.7. The van der Waals surface area contributed by atoms with Crippen LogP contribution in [-0.2, 0) is 21.8 Å². The lowest BCUT2D eigenvalue weighted by molar-refractivity contribution is 0.0600. The fourth-order valence-corrected chi connectivity index (χ4v) is 5.78. The van der Waals surface area contributed by atoms with Crippen molar-refractivity contribution in [3.05, 3.63) is 83.3 Å². The van der Waals surface area contributed by atoms with Crippen LogP contribution in [0.2, 0.25) is 5.02 Å². The third-order valence-corrected chi connectivity index (χ3v) is 7.78. The average Bonchev–Trinajstić information content (AvgIpc) is 3.37. The van der Waals surface area contributed by atoms with Crippen LogP contribution < -0.4 is 4.72 Å². The summed E-state index contributed by atoms with van der Waals surface area (Å²) in [6.07, 6.45) is 7.07. The number of hydrogen-bond donors (Lipinski definition) is 1. The van der Waals surface area contributed by atoms with Gasteiger partial charge in [-0.2, -0.15) is 5.10 Å². The molecule has 0 atom stereocenters. The van der Waals surface area contributed by atoms with E-state index in [9.17, 15) is 13.2 Å². The summed E-state index contributed by atoms with van der Waals surface area (Å²) in [6, 6.07) is 13.6. The summed E-state index contributed by atoms with van der Waals surface area (Å²) < 4.78 is 38.5. The predicted octanol–water partition coefficient (Wildman–Crippen LogP) is 5.00. The van der Waals surface area contributed by atoms with E-state index in [-0.39, 0.29) is 16.4 Å². The first-order valence-electron chi connectivity index (χ1n) is 11.0. The van der Waals surface area contributed by atoms with Crippen molar-refractivity contribution < 1.29 is 17.9 Å². The Morgan fingerprint density at radius 1 is 1.14 bits per heavy atom. The summed E-state index contributed by atoms with van der Waals surface area (Å²) in [5.41, 5.74) is 3.13. The lowest BCUT2D eigenvalue weighted by Gasteiger charge is -2.18. The number of rotatable bonds is 7. The highest BCUT2D eigenvalue weighted by Crippen LogP contribution is 2.44. The average molecular weight is 511 g/mol. The zero-order valence-electron chi connectivity index (χ0n) is 19.1. The zero-order valence-corrected chi connectivity index (χ0v) is 20.7. The third-order valence-electron chi connectivity index (χ3n) is 6.05. The van der Waals surface area contributed by atoms with Crippen LogP contribution in [0.5, 0.6) is 0 Å². The van der Waals surface area contributed by atoms with Crippen LogP contribution >= 0.6 is 11.6 Å². The van der Waals surface area contributed by atoms with Gasteiger partial charge in [-0.1, -0.05) is 17.7 Å². The molecule has 0 aliphatic heterocycles. The lowest BCUT2D eigenvalue weighted by Crippen LogP contribution is -2.17. The van der Waals surface area contributed by atoms with Crippen LogP contribution in [0.4, 0.5) is 5.69 Å². The molecule has 2 aromatic carbocycles. The van der Waals surface area contributed by atoms with Crippen molar-refractivity contribution >= 4 is 33.3 Å². The minimum absolute atomic E-state index is 0.0680. The molecule has 1 aliphatic rings. The molecule has 2 heterocycles.